The minimum absolute atomic E-state index is 0. The van der Waals surface area contributed by atoms with Gasteiger partial charge in [-0.1, -0.05) is 37.6 Å². The Morgan fingerprint density at radius 1 is 1.36 bits per heavy atom. The van der Waals surface area contributed by atoms with Crippen LogP contribution >= 0.6 is 24.0 Å². The van der Waals surface area contributed by atoms with Crippen LogP contribution in [0.15, 0.2) is 30.3 Å². The average Bonchev–Trinajstić information content (AvgIpc) is 2.96. The lowest BCUT2D eigenvalue weighted by atomic mass is 10.0. The Morgan fingerprint density at radius 2 is 2.12 bits per heavy atom. The van der Waals surface area contributed by atoms with Gasteiger partial charge in [0.15, 0.2) is 0 Å². The minimum Gasteiger partial charge on any atom is -0.328 e. The van der Waals surface area contributed by atoms with Gasteiger partial charge in [0, 0.05) is 31.7 Å². The second kappa shape index (κ2) is 8.21. The van der Waals surface area contributed by atoms with Crippen LogP contribution < -0.4 is 5.32 Å². The second-order valence-corrected chi connectivity index (χ2v) is 6.94. The molecule has 0 spiro atoms. The number of nitrogens with one attached hydrogen (secondary N) is 1. The van der Waals surface area contributed by atoms with E-state index < -0.39 is 0 Å². The first kappa shape index (κ1) is 19.8. The van der Waals surface area contributed by atoms with E-state index in [2.05, 4.69) is 24.3 Å². The number of rotatable bonds is 3. The molecule has 25 heavy (non-hydrogen) atoms. The molecule has 5 nitrogen and oxygen atoms in total. The third-order valence-corrected chi connectivity index (χ3v) is 4.68. The van der Waals surface area contributed by atoms with Gasteiger partial charge in [0.25, 0.3) is 5.91 Å². The number of carbonyl (C=O) groups excluding carboxylic acids is 1. The number of hydrogen-bond acceptors (Lipinski definition) is 3. The molecule has 1 aromatic heterocycles. The number of piperazine rings is 1. The quantitative estimate of drug-likeness (QED) is 0.884. The number of aryl methyl sites for hydroxylation is 1. The molecule has 1 atom stereocenters. The second-order valence-electron chi connectivity index (χ2n) is 6.51. The zero-order chi connectivity index (χ0) is 17.3. The maximum atomic E-state index is 13.1. The lowest BCUT2D eigenvalue weighted by Gasteiger charge is -2.36. The Morgan fingerprint density at radius 3 is 2.76 bits per heavy atom. The summed E-state index contributed by atoms with van der Waals surface area (Å²) in [6.07, 6.45) is 0. The summed E-state index contributed by atoms with van der Waals surface area (Å²) < 4.78 is 1.69. The molecule has 0 saturated carbocycles. The summed E-state index contributed by atoms with van der Waals surface area (Å²) in [6, 6.07) is 9.61. The summed E-state index contributed by atoms with van der Waals surface area (Å²) in [7, 11) is 1.83. The van der Waals surface area contributed by atoms with Crippen molar-refractivity contribution in [2.45, 2.75) is 25.8 Å². The first-order valence-electron chi connectivity index (χ1n) is 8.28. The summed E-state index contributed by atoms with van der Waals surface area (Å²) in [5.41, 5.74) is 2.62. The lowest BCUT2D eigenvalue weighted by Crippen LogP contribution is -2.49. The summed E-state index contributed by atoms with van der Waals surface area (Å²) in [5.74, 6) is 0.313. The zero-order valence-corrected chi connectivity index (χ0v) is 16.3. The maximum absolute atomic E-state index is 13.1. The van der Waals surface area contributed by atoms with Crippen molar-refractivity contribution >= 4 is 29.9 Å². The Kier molecular flexibility index (Phi) is 6.49. The molecule has 0 bridgehead atoms. The van der Waals surface area contributed by atoms with Crippen molar-refractivity contribution in [3.8, 4) is 0 Å². The molecule has 1 amide bonds. The Hall–Kier alpha value is -1.56. The first-order chi connectivity index (χ1) is 11.5. The topological polar surface area (TPSA) is 50.2 Å². The predicted octanol–water partition coefficient (Wildman–Crippen LogP) is 3.41. The molecule has 1 aliphatic heterocycles. The van der Waals surface area contributed by atoms with E-state index in [0.29, 0.717) is 23.2 Å². The van der Waals surface area contributed by atoms with E-state index in [9.17, 15) is 4.79 Å². The average molecular weight is 383 g/mol. The monoisotopic (exact) mass is 382 g/mol. The highest BCUT2D eigenvalue weighted by Gasteiger charge is 2.30. The fraction of sp³-hybridized carbons (Fsp3) is 0.444. The van der Waals surface area contributed by atoms with Crippen molar-refractivity contribution < 1.29 is 4.79 Å². The smallest absolute Gasteiger partial charge is 0.272 e. The Labute approximate surface area is 159 Å². The number of carbonyl (C=O) groups is 1. The van der Waals surface area contributed by atoms with Gasteiger partial charge < -0.3 is 10.2 Å². The van der Waals surface area contributed by atoms with E-state index in [0.717, 1.165) is 24.3 Å². The highest BCUT2D eigenvalue weighted by molar-refractivity contribution is 6.30. The summed E-state index contributed by atoms with van der Waals surface area (Å²) >= 11 is 6.13. The minimum atomic E-state index is -0.0256. The van der Waals surface area contributed by atoms with Gasteiger partial charge in [0.2, 0.25) is 0 Å². The summed E-state index contributed by atoms with van der Waals surface area (Å²) in [6.45, 7) is 6.34. The molecule has 1 aliphatic rings. The number of amides is 1. The van der Waals surface area contributed by atoms with E-state index in [1.54, 1.807) is 4.68 Å². The van der Waals surface area contributed by atoms with Crippen LogP contribution in [0.4, 0.5) is 0 Å². The number of nitrogens with zero attached hydrogens (tertiary/aromatic N) is 3. The number of hydrogen-bond donors (Lipinski definition) is 1. The van der Waals surface area contributed by atoms with E-state index in [1.165, 1.54) is 0 Å². The number of benzene rings is 1. The zero-order valence-electron chi connectivity index (χ0n) is 14.7. The molecule has 2 heterocycles. The van der Waals surface area contributed by atoms with Crippen LogP contribution in [0, 0.1) is 0 Å². The first-order valence-corrected chi connectivity index (χ1v) is 8.66. The van der Waals surface area contributed by atoms with Gasteiger partial charge in [-0.25, -0.2) is 0 Å². The standard InChI is InChI=1S/C18H23ClN4O.ClH/c1-12(2)15-10-16(22(3)21-15)18(24)23-8-7-20-11-17(23)13-5-4-6-14(19)9-13;/h4-6,9-10,12,17,20H,7-8,11H2,1-3H3;1H. The summed E-state index contributed by atoms with van der Waals surface area (Å²) in [5, 5.41) is 8.53. The van der Waals surface area contributed by atoms with Gasteiger partial charge >= 0.3 is 0 Å². The predicted molar refractivity (Wildman–Crippen MR) is 103 cm³/mol. The highest BCUT2D eigenvalue weighted by Crippen LogP contribution is 2.26. The van der Waals surface area contributed by atoms with Gasteiger partial charge in [0.1, 0.15) is 5.69 Å². The molecule has 1 fully saturated rings. The fourth-order valence-corrected chi connectivity index (χ4v) is 3.28. The molecular weight excluding hydrogens is 359 g/mol. The van der Waals surface area contributed by atoms with E-state index in [4.69, 9.17) is 11.6 Å². The SMILES string of the molecule is CC(C)c1cc(C(=O)N2CCNCC2c2cccc(Cl)c2)n(C)n1.Cl. The number of aromatic nitrogens is 2. The van der Waals surface area contributed by atoms with Gasteiger partial charge in [-0.15, -0.1) is 12.4 Å². The van der Waals surface area contributed by atoms with Crippen molar-refractivity contribution in [3.05, 3.63) is 52.3 Å². The Balaban J connectivity index is 0.00000225. The maximum Gasteiger partial charge on any atom is 0.272 e. The molecule has 1 aromatic carbocycles. The van der Waals surface area contributed by atoms with Gasteiger partial charge in [-0.3, -0.25) is 9.48 Å². The largest absolute Gasteiger partial charge is 0.328 e. The third-order valence-electron chi connectivity index (χ3n) is 4.45. The van der Waals surface area contributed by atoms with Crippen molar-refractivity contribution in [2.75, 3.05) is 19.6 Å². The molecule has 0 radical (unpaired) electrons. The van der Waals surface area contributed by atoms with Crippen molar-refractivity contribution in [1.82, 2.24) is 20.0 Å². The molecule has 136 valence electrons. The molecule has 7 heteroatoms. The van der Waals surface area contributed by atoms with Crippen LogP contribution in [-0.4, -0.2) is 40.2 Å². The van der Waals surface area contributed by atoms with Crippen LogP contribution in [0.25, 0.3) is 0 Å². The van der Waals surface area contributed by atoms with Gasteiger partial charge in [-0.2, -0.15) is 5.10 Å². The Bertz CT molecular complexity index is 744. The summed E-state index contributed by atoms with van der Waals surface area (Å²) in [4.78, 5) is 15.0. The molecule has 2 aromatic rings. The van der Waals surface area contributed by atoms with Crippen LogP contribution in [0.2, 0.25) is 5.02 Å². The van der Waals surface area contributed by atoms with Crippen LogP contribution in [-0.2, 0) is 7.05 Å². The van der Waals surface area contributed by atoms with Gasteiger partial charge in [0.05, 0.1) is 11.7 Å². The van der Waals surface area contributed by atoms with Crippen LogP contribution in [0.3, 0.4) is 0 Å². The van der Waals surface area contributed by atoms with Crippen LogP contribution in [0.1, 0.15) is 47.6 Å². The third kappa shape index (κ3) is 4.17. The van der Waals surface area contributed by atoms with Crippen LogP contribution in [0.5, 0.6) is 0 Å². The van der Waals surface area contributed by atoms with Crippen molar-refractivity contribution in [1.29, 1.82) is 0 Å². The molecule has 1 saturated heterocycles. The van der Waals surface area contributed by atoms with E-state index in [1.807, 2.05) is 42.3 Å². The van der Waals surface area contributed by atoms with E-state index >= 15 is 0 Å². The van der Waals surface area contributed by atoms with E-state index in [-0.39, 0.29) is 24.4 Å². The molecule has 3 rings (SSSR count). The highest BCUT2D eigenvalue weighted by atomic mass is 35.5. The van der Waals surface area contributed by atoms with Crippen molar-refractivity contribution in [3.63, 3.8) is 0 Å². The molecule has 1 unspecified atom stereocenters. The van der Waals surface area contributed by atoms with Crippen molar-refractivity contribution in [2.24, 2.45) is 7.05 Å². The van der Waals surface area contributed by atoms with Gasteiger partial charge in [-0.05, 0) is 29.7 Å². The fourth-order valence-electron chi connectivity index (χ4n) is 3.08. The normalized spacial score (nSPS) is 17.5. The number of halogens is 2. The molecular formula is C18H24Cl2N4O. The molecule has 0 aliphatic carbocycles. The lowest BCUT2D eigenvalue weighted by molar-refractivity contribution is 0.0623. The molecule has 1 N–H and O–H groups in total.